The summed E-state index contributed by atoms with van der Waals surface area (Å²) in [7, 11) is 0. The summed E-state index contributed by atoms with van der Waals surface area (Å²) in [5.74, 6) is -1.33. The minimum Gasteiger partial charge on any atom is -0.364 e. The molecule has 0 spiro atoms. The van der Waals surface area contributed by atoms with Gasteiger partial charge in [0, 0.05) is 44.5 Å². The first kappa shape index (κ1) is 15.0. The van der Waals surface area contributed by atoms with Crippen LogP contribution in [0.15, 0.2) is 23.1 Å². The summed E-state index contributed by atoms with van der Waals surface area (Å²) in [6.45, 7) is 6.09. The third kappa shape index (κ3) is 2.37. The predicted molar refractivity (Wildman–Crippen MR) is 83.5 cm³/mol. The zero-order valence-electron chi connectivity index (χ0n) is 12.7. The Morgan fingerprint density at radius 3 is 2.86 bits per heavy atom. The zero-order valence-corrected chi connectivity index (χ0v) is 12.7. The Bertz CT molecular complexity index is 772. The summed E-state index contributed by atoms with van der Waals surface area (Å²) >= 11 is 0. The molecular formula is C16H19F2N3O. The van der Waals surface area contributed by atoms with E-state index in [4.69, 9.17) is 0 Å². The lowest BCUT2D eigenvalue weighted by Crippen LogP contribution is -2.49. The van der Waals surface area contributed by atoms with Crippen molar-refractivity contribution in [3.8, 4) is 0 Å². The molecule has 1 aliphatic heterocycles. The molecule has 22 heavy (non-hydrogen) atoms. The number of piperazine rings is 1. The molecule has 1 aromatic carbocycles. The highest BCUT2D eigenvalue weighted by atomic mass is 19.1. The van der Waals surface area contributed by atoms with E-state index in [0.29, 0.717) is 26.2 Å². The molecule has 0 aliphatic carbocycles. The van der Waals surface area contributed by atoms with Crippen LogP contribution in [0.4, 0.5) is 14.5 Å². The number of halogens is 2. The van der Waals surface area contributed by atoms with Crippen LogP contribution in [0, 0.1) is 11.6 Å². The van der Waals surface area contributed by atoms with E-state index < -0.39 is 11.6 Å². The molecule has 0 bridgehead atoms. The van der Waals surface area contributed by atoms with Crippen molar-refractivity contribution in [1.82, 2.24) is 9.88 Å². The molecule has 118 valence electrons. The first-order valence-electron chi connectivity index (χ1n) is 7.52. The molecule has 0 saturated carbocycles. The van der Waals surface area contributed by atoms with Gasteiger partial charge in [0.05, 0.1) is 10.9 Å². The monoisotopic (exact) mass is 307 g/mol. The molecule has 3 rings (SSSR count). The van der Waals surface area contributed by atoms with E-state index in [1.807, 2.05) is 13.8 Å². The number of pyridine rings is 1. The average Bonchev–Trinajstić information content (AvgIpc) is 2.48. The summed E-state index contributed by atoms with van der Waals surface area (Å²) < 4.78 is 31.1. The van der Waals surface area contributed by atoms with Crippen LogP contribution in [0.25, 0.3) is 10.9 Å². The van der Waals surface area contributed by atoms with Crippen molar-refractivity contribution >= 4 is 16.6 Å². The van der Waals surface area contributed by atoms with E-state index in [0.717, 1.165) is 6.07 Å². The summed E-state index contributed by atoms with van der Waals surface area (Å²) in [5.41, 5.74) is -0.219. The first-order valence-corrected chi connectivity index (χ1v) is 7.52. The van der Waals surface area contributed by atoms with Crippen molar-refractivity contribution in [2.75, 3.05) is 24.5 Å². The van der Waals surface area contributed by atoms with Gasteiger partial charge >= 0.3 is 0 Å². The molecule has 1 unspecified atom stereocenters. The fourth-order valence-corrected chi connectivity index (χ4v) is 3.08. The minimum absolute atomic E-state index is 0.0337. The number of benzene rings is 1. The Kier molecular flexibility index (Phi) is 3.87. The smallest absolute Gasteiger partial charge is 0.189 e. The predicted octanol–water partition coefficient (Wildman–Crippen LogP) is 2.10. The van der Waals surface area contributed by atoms with E-state index in [-0.39, 0.29) is 28.1 Å². The highest BCUT2D eigenvalue weighted by Gasteiger charge is 2.25. The first-order chi connectivity index (χ1) is 10.5. The van der Waals surface area contributed by atoms with Crippen molar-refractivity contribution < 1.29 is 8.78 Å². The molecule has 1 saturated heterocycles. The van der Waals surface area contributed by atoms with Gasteiger partial charge in [-0.25, -0.2) is 8.78 Å². The van der Waals surface area contributed by atoms with Gasteiger partial charge in [-0.2, -0.15) is 0 Å². The summed E-state index contributed by atoms with van der Waals surface area (Å²) in [5, 5.41) is 3.34. The maximum Gasteiger partial charge on any atom is 0.189 e. The Labute approximate surface area is 127 Å². The Balaban J connectivity index is 2.25. The van der Waals surface area contributed by atoms with E-state index in [1.54, 1.807) is 15.7 Å². The Morgan fingerprint density at radius 2 is 2.18 bits per heavy atom. The van der Waals surface area contributed by atoms with E-state index in [9.17, 15) is 9.18 Å². The molecule has 0 radical (unpaired) electrons. The number of rotatable bonds is 2. The molecule has 6 heteroatoms. The van der Waals surface area contributed by atoms with E-state index in [2.05, 4.69) is 5.32 Å². The van der Waals surface area contributed by atoms with Crippen LogP contribution >= 0.6 is 0 Å². The third-order valence-electron chi connectivity index (χ3n) is 4.15. The largest absolute Gasteiger partial charge is 0.364 e. The molecule has 1 fully saturated rings. The van der Waals surface area contributed by atoms with Crippen LogP contribution in [-0.2, 0) is 6.54 Å². The maximum absolute atomic E-state index is 15.0. The van der Waals surface area contributed by atoms with Gasteiger partial charge in [-0.1, -0.05) is 0 Å². The summed E-state index contributed by atoms with van der Waals surface area (Å²) in [6, 6.07) is 2.67. The van der Waals surface area contributed by atoms with Gasteiger partial charge in [0.25, 0.3) is 0 Å². The number of anilines is 1. The fraction of sp³-hybridized carbons (Fsp3) is 0.438. The van der Waals surface area contributed by atoms with Crippen molar-refractivity contribution in [2.45, 2.75) is 26.4 Å². The molecule has 1 aliphatic rings. The molecule has 4 nitrogen and oxygen atoms in total. The van der Waals surface area contributed by atoms with Crippen LogP contribution in [0.5, 0.6) is 0 Å². The second-order valence-corrected chi connectivity index (χ2v) is 5.68. The van der Waals surface area contributed by atoms with Gasteiger partial charge in [0.2, 0.25) is 0 Å². The second kappa shape index (κ2) is 5.68. The number of hydrogen-bond acceptors (Lipinski definition) is 3. The molecule has 2 aromatic rings. The highest BCUT2D eigenvalue weighted by molar-refractivity contribution is 5.84. The number of aromatic nitrogens is 1. The van der Waals surface area contributed by atoms with Crippen molar-refractivity contribution in [3.05, 3.63) is 40.2 Å². The standard InChI is InChI=1S/C16H19F2N3O/c1-3-20-6-4-13(22)11-8-12(17)16(14(18)15(11)20)21-7-5-19-10(2)9-21/h4,6,8,10,19H,3,5,7,9H2,1-2H3. The van der Waals surface area contributed by atoms with Gasteiger partial charge in [0.1, 0.15) is 11.5 Å². The van der Waals surface area contributed by atoms with Gasteiger partial charge in [-0.3, -0.25) is 4.79 Å². The van der Waals surface area contributed by atoms with Crippen molar-refractivity contribution in [1.29, 1.82) is 0 Å². The van der Waals surface area contributed by atoms with Crippen LogP contribution in [0.2, 0.25) is 0 Å². The quantitative estimate of drug-likeness (QED) is 0.923. The molecule has 2 heterocycles. The third-order valence-corrected chi connectivity index (χ3v) is 4.15. The normalized spacial score (nSPS) is 18.9. The number of hydrogen-bond donors (Lipinski definition) is 1. The fourth-order valence-electron chi connectivity index (χ4n) is 3.08. The average molecular weight is 307 g/mol. The van der Waals surface area contributed by atoms with Crippen LogP contribution in [-0.4, -0.2) is 30.2 Å². The lowest BCUT2D eigenvalue weighted by atomic mass is 10.1. The van der Waals surface area contributed by atoms with E-state index >= 15 is 4.39 Å². The number of fused-ring (bicyclic) bond motifs is 1. The van der Waals surface area contributed by atoms with Crippen molar-refractivity contribution in [3.63, 3.8) is 0 Å². The Hall–Kier alpha value is -1.95. The van der Waals surface area contributed by atoms with Gasteiger partial charge in [-0.05, 0) is 19.9 Å². The van der Waals surface area contributed by atoms with Crippen LogP contribution in [0.3, 0.4) is 0 Å². The van der Waals surface area contributed by atoms with Crippen LogP contribution < -0.4 is 15.6 Å². The molecular weight excluding hydrogens is 288 g/mol. The summed E-state index contributed by atoms with van der Waals surface area (Å²) in [4.78, 5) is 13.6. The summed E-state index contributed by atoms with van der Waals surface area (Å²) in [6.07, 6.45) is 1.55. The molecule has 0 amide bonds. The number of aryl methyl sites for hydroxylation is 1. The maximum atomic E-state index is 15.0. The zero-order chi connectivity index (χ0) is 15.9. The molecule has 1 N–H and O–H groups in total. The van der Waals surface area contributed by atoms with Gasteiger partial charge in [0.15, 0.2) is 11.2 Å². The van der Waals surface area contributed by atoms with Gasteiger partial charge < -0.3 is 14.8 Å². The van der Waals surface area contributed by atoms with Crippen molar-refractivity contribution in [2.24, 2.45) is 0 Å². The lowest BCUT2D eigenvalue weighted by molar-refractivity contribution is 0.470. The Morgan fingerprint density at radius 1 is 1.41 bits per heavy atom. The molecule has 1 atom stereocenters. The SMILES string of the molecule is CCn1ccc(=O)c2cc(F)c(N3CCNC(C)C3)c(F)c21. The minimum atomic E-state index is -0.676. The molecule has 1 aromatic heterocycles. The topological polar surface area (TPSA) is 37.3 Å². The van der Waals surface area contributed by atoms with Crippen LogP contribution in [0.1, 0.15) is 13.8 Å². The number of nitrogens with zero attached hydrogens (tertiary/aromatic N) is 2. The van der Waals surface area contributed by atoms with Gasteiger partial charge in [-0.15, -0.1) is 0 Å². The second-order valence-electron chi connectivity index (χ2n) is 5.68. The number of nitrogens with one attached hydrogen (secondary N) is 1. The van der Waals surface area contributed by atoms with E-state index in [1.165, 1.54) is 6.07 Å². The lowest BCUT2D eigenvalue weighted by Gasteiger charge is -2.34. The highest BCUT2D eigenvalue weighted by Crippen LogP contribution is 2.30.